The smallest absolute Gasteiger partial charge is 0.275 e. The Hall–Kier alpha value is -4.12. The van der Waals surface area contributed by atoms with Crippen LogP contribution >= 0.6 is 0 Å². The number of carbonyl (C=O) groups is 1. The van der Waals surface area contributed by atoms with Crippen molar-refractivity contribution in [1.29, 1.82) is 0 Å². The molecule has 0 bridgehead atoms. The van der Waals surface area contributed by atoms with Crippen LogP contribution in [0.4, 0.5) is 0 Å². The van der Waals surface area contributed by atoms with Crippen molar-refractivity contribution >= 4 is 22.9 Å². The van der Waals surface area contributed by atoms with Gasteiger partial charge in [-0.1, -0.05) is 54.6 Å². The maximum Gasteiger partial charge on any atom is 0.275 e. The van der Waals surface area contributed by atoms with E-state index in [9.17, 15) is 4.79 Å². The summed E-state index contributed by atoms with van der Waals surface area (Å²) in [5.41, 5.74) is 3.79. The van der Waals surface area contributed by atoms with Crippen LogP contribution in [0.15, 0.2) is 96.1 Å². The molecule has 4 aromatic carbocycles. The lowest BCUT2D eigenvalue weighted by molar-refractivity contribution is 0.0952. The van der Waals surface area contributed by atoms with E-state index in [1.807, 2.05) is 84.9 Å². The SMILES string of the molecule is COc1cc2ccccc2cc1C(=O)N/N=C/c1cccc(Oc2ccccc2)c1. The fraction of sp³-hybridized carbons (Fsp3) is 0.0400. The molecular weight excluding hydrogens is 376 g/mol. The van der Waals surface area contributed by atoms with Crippen LogP contribution < -0.4 is 14.9 Å². The summed E-state index contributed by atoms with van der Waals surface area (Å²) in [6, 6.07) is 28.4. The molecule has 0 aromatic heterocycles. The van der Waals surface area contributed by atoms with E-state index >= 15 is 0 Å². The second-order valence-electron chi connectivity index (χ2n) is 6.59. The minimum atomic E-state index is -0.342. The number of nitrogens with zero attached hydrogens (tertiary/aromatic N) is 1. The zero-order valence-electron chi connectivity index (χ0n) is 16.4. The molecule has 0 radical (unpaired) electrons. The van der Waals surface area contributed by atoms with Gasteiger partial charge >= 0.3 is 0 Å². The number of rotatable bonds is 6. The third kappa shape index (κ3) is 4.47. The fourth-order valence-corrected chi connectivity index (χ4v) is 3.07. The first-order valence-corrected chi connectivity index (χ1v) is 9.46. The number of para-hydroxylation sites is 1. The van der Waals surface area contributed by atoms with Gasteiger partial charge in [-0.3, -0.25) is 4.79 Å². The van der Waals surface area contributed by atoms with Gasteiger partial charge in [-0.25, -0.2) is 5.43 Å². The van der Waals surface area contributed by atoms with Crippen LogP contribution in [0.2, 0.25) is 0 Å². The predicted molar refractivity (Wildman–Crippen MR) is 119 cm³/mol. The van der Waals surface area contributed by atoms with Crippen molar-refractivity contribution in [2.45, 2.75) is 0 Å². The highest BCUT2D eigenvalue weighted by molar-refractivity contribution is 6.02. The van der Waals surface area contributed by atoms with Gasteiger partial charge in [0, 0.05) is 0 Å². The van der Waals surface area contributed by atoms with Gasteiger partial charge in [0.05, 0.1) is 18.9 Å². The normalized spacial score (nSPS) is 10.8. The molecule has 4 aromatic rings. The van der Waals surface area contributed by atoms with Crippen molar-refractivity contribution in [3.8, 4) is 17.2 Å². The lowest BCUT2D eigenvalue weighted by atomic mass is 10.1. The average molecular weight is 396 g/mol. The van der Waals surface area contributed by atoms with Gasteiger partial charge in [0.25, 0.3) is 5.91 Å². The second kappa shape index (κ2) is 8.92. The summed E-state index contributed by atoms with van der Waals surface area (Å²) in [6.07, 6.45) is 1.57. The first-order valence-electron chi connectivity index (χ1n) is 9.46. The zero-order chi connectivity index (χ0) is 20.8. The lowest BCUT2D eigenvalue weighted by Crippen LogP contribution is -2.18. The number of ether oxygens (including phenoxy) is 2. The van der Waals surface area contributed by atoms with Crippen LogP contribution in [0, 0.1) is 0 Å². The van der Waals surface area contributed by atoms with E-state index < -0.39 is 0 Å². The maximum absolute atomic E-state index is 12.6. The van der Waals surface area contributed by atoms with Crippen LogP contribution in [0.5, 0.6) is 17.2 Å². The Morgan fingerprint density at radius 2 is 1.53 bits per heavy atom. The summed E-state index contributed by atoms with van der Waals surface area (Å²) in [5, 5.41) is 6.05. The van der Waals surface area contributed by atoms with Gasteiger partial charge in [-0.15, -0.1) is 0 Å². The molecule has 0 unspecified atom stereocenters. The highest BCUT2D eigenvalue weighted by Gasteiger charge is 2.13. The number of hydrazone groups is 1. The Bertz CT molecular complexity index is 1200. The summed E-state index contributed by atoms with van der Waals surface area (Å²) in [6.45, 7) is 0. The van der Waals surface area contributed by atoms with Crippen molar-refractivity contribution in [3.05, 3.63) is 102 Å². The Balaban J connectivity index is 1.47. The molecule has 0 saturated heterocycles. The topological polar surface area (TPSA) is 59.9 Å². The van der Waals surface area contributed by atoms with E-state index in [1.165, 1.54) is 0 Å². The van der Waals surface area contributed by atoms with Crippen molar-refractivity contribution in [2.75, 3.05) is 7.11 Å². The van der Waals surface area contributed by atoms with Crippen LogP contribution in [0.25, 0.3) is 10.8 Å². The number of hydrogen-bond donors (Lipinski definition) is 1. The summed E-state index contributed by atoms with van der Waals surface area (Å²) in [7, 11) is 1.54. The van der Waals surface area contributed by atoms with Gasteiger partial charge in [0.15, 0.2) is 0 Å². The Morgan fingerprint density at radius 3 is 2.30 bits per heavy atom. The van der Waals surface area contributed by atoms with E-state index in [2.05, 4.69) is 10.5 Å². The Labute approximate surface area is 174 Å². The molecular formula is C25H20N2O3. The molecule has 0 aliphatic heterocycles. The minimum Gasteiger partial charge on any atom is -0.496 e. The third-order valence-electron chi connectivity index (χ3n) is 4.53. The number of hydrogen-bond acceptors (Lipinski definition) is 4. The van der Waals surface area contributed by atoms with Crippen LogP contribution in [-0.2, 0) is 0 Å². The molecule has 5 nitrogen and oxygen atoms in total. The number of benzene rings is 4. The zero-order valence-corrected chi connectivity index (χ0v) is 16.4. The summed E-state index contributed by atoms with van der Waals surface area (Å²) < 4.78 is 11.2. The summed E-state index contributed by atoms with van der Waals surface area (Å²) in [4.78, 5) is 12.6. The molecule has 1 amide bonds. The van der Waals surface area contributed by atoms with Crippen molar-refractivity contribution in [3.63, 3.8) is 0 Å². The highest BCUT2D eigenvalue weighted by Crippen LogP contribution is 2.26. The molecule has 0 aliphatic rings. The molecule has 0 saturated carbocycles. The third-order valence-corrected chi connectivity index (χ3v) is 4.53. The van der Waals surface area contributed by atoms with Gasteiger partial charge in [0.2, 0.25) is 0 Å². The molecule has 30 heavy (non-hydrogen) atoms. The van der Waals surface area contributed by atoms with Crippen molar-refractivity contribution in [2.24, 2.45) is 5.10 Å². The molecule has 5 heteroatoms. The van der Waals surface area contributed by atoms with Crippen LogP contribution in [0.3, 0.4) is 0 Å². The van der Waals surface area contributed by atoms with Gasteiger partial charge in [-0.05, 0) is 52.7 Å². The van der Waals surface area contributed by atoms with Crippen molar-refractivity contribution < 1.29 is 14.3 Å². The molecule has 148 valence electrons. The Morgan fingerprint density at radius 1 is 0.833 bits per heavy atom. The van der Waals surface area contributed by atoms with Gasteiger partial charge in [0.1, 0.15) is 17.2 Å². The summed E-state index contributed by atoms with van der Waals surface area (Å²) >= 11 is 0. The largest absolute Gasteiger partial charge is 0.496 e. The van der Waals surface area contributed by atoms with Crippen LogP contribution in [0.1, 0.15) is 15.9 Å². The maximum atomic E-state index is 12.6. The molecule has 4 rings (SSSR count). The molecule has 0 atom stereocenters. The lowest BCUT2D eigenvalue weighted by Gasteiger charge is -2.09. The molecule has 1 N–H and O–H groups in total. The van der Waals surface area contributed by atoms with E-state index in [4.69, 9.17) is 9.47 Å². The number of nitrogens with one attached hydrogen (secondary N) is 1. The number of amides is 1. The van der Waals surface area contributed by atoms with Gasteiger partial charge in [-0.2, -0.15) is 5.10 Å². The molecule has 0 fully saturated rings. The van der Waals surface area contributed by atoms with E-state index in [-0.39, 0.29) is 5.91 Å². The monoisotopic (exact) mass is 396 g/mol. The average Bonchev–Trinajstić information content (AvgIpc) is 2.79. The van der Waals surface area contributed by atoms with E-state index in [0.717, 1.165) is 22.1 Å². The van der Waals surface area contributed by atoms with Crippen LogP contribution in [-0.4, -0.2) is 19.2 Å². The number of fused-ring (bicyclic) bond motifs is 1. The van der Waals surface area contributed by atoms with E-state index in [0.29, 0.717) is 17.1 Å². The number of methoxy groups -OCH3 is 1. The molecule has 0 aliphatic carbocycles. The van der Waals surface area contributed by atoms with Crippen molar-refractivity contribution in [1.82, 2.24) is 5.43 Å². The first-order chi connectivity index (χ1) is 14.7. The highest BCUT2D eigenvalue weighted by atomic mass is 16.5. The molecule has 0 heterocycles. The summed E-state index contributed by atoms with van der Waals surface area (Å²) in [5.74, 6) is 1.60. The fourth-order valence-electron chi connectivity index (χ4n) is 3.07. The first kappa shape index (κ1) is 19.2. The second-order valence-corrected chi connectivity index (χ2v) is 6.59. The Kier molecular flexibility index (Phi) is 5.71. The minimum absolute atomic E-state index is 0.342. The quantitative estimate of drug-likeness (QED) is 0.350. The number of carbonyl (C=O) groups excluding carboxylic acids is 1. The molecule has 0 spiro atoms. The van der Waals surface area contributed by atoms with E-state index in [1.54, 1.807) is 19.4 Å². The standard InChI is InChI=1S/C25H20N2O3/c1-29-24-16-20-10-6-5-9-19(20)15-23(24)25(28)27-26-17-18-8-7-13-22(14-18)30-21-11-3-2-4-12-21/h2-17H,1H3,(H,27,28)/b26-17+. The van der Waals surface area contributed by atoms with Gasteiger partial charge < -0.3 is 9.47 Å². The predicted octanol–water partition coefficient (Wildman–Crippen LogP) is 5.40.